The molecule has 56 heavy (non-hydrogen) atoms. The number of hydrogen-bond acceptors (Lipinski definition) is 7. The van der Waals surface area contributed by atoms with E-state index in [2.05, 4.69) is 4.98 Å². The second-order valence-electron chi connectivity index (χ2n) is 15.2. The maximum atomic E-state index is 15.4. The molecule has 0 radical (unpaired) electrons. The molecule has 0 spiro atoms. The van der Waals surface area contributed by atoms with Gasteiger partial charge in [-0.05, 0) is 103 Å². The fourth-order valence-corrected chi connectivity index (χ4v) is 10.2. The Hall–Kier alpha value is -6.32. The van der Waals surface area contributed by atoms with E-state index in [0.717, 1.165) is 16.7 Å². The van der Waals surface area contributed by atoms with Gasteiger partial charge < -0.3 is 9.52 Å². The molecule has 1 saturated carbocycles. The largest absolute Gasteiger partial charge is 0.508 e. The number of halogens is 1. The number of carbonyl (C=O) groups is 4. The quantitative estimate of drug-likeness (QED) is 0.138. The molecular formula is C46H34ClN3O6. The normalized spacial score (nSPS) is 25.7. The van der Waals surface area contributed by atoms with Crippen LogP contribution >= 0.6 is 11.6 Å². The van der Waals surface area contributed by atoms with Crippen LogP contribution in [0.15, 0.2) is 137 Å². The maximum Gasteiger partial charge on any atom is 0.246 e. The lowest BCUT2D eigenvalue weighted by molar-refractivity contribution is -0.127. The standard InChI is InChI=1S/C46H34ClN3O6/c1-25-22-27(16-21-37(25)51)40-32-19-20-33-39(44(54)49(42(33)52)30-17-14-26(15-18-30)41-48-36-12-5-6-13-38(36)56-41)34(32)24-35-43(53)50(31-11-7-10-29(47)23-31)45(55)46(35,40)28-8-3-2-4-9-28/h2-19,21-23,33-35,39-40,51H,20,24H2,1H3. The molecule has 276 valence electrons. The molecule has 4 amide bonds. The number of allylic oxidation sites excluding steroid dienone is 2. The van der Waals surface area contributed by atoms with Crippen LogP contribution in [0.5, 0.6) is 5.75 Å². The first-order chi connectivity index (χ1) is 27.2. The van der Waals surface area contributed by atoms with Crippen molar-refractivity contribution in [3.63, 3.8) is 0 Å². The number of nitrogens with zero attached hydrogens (tertiary/aromatic N) is 3. The monoisotopic (exact) mass is 759 g/mol. The molecule has 0 bridgehead atoms. The average Bonchev–Trinajstić information content (AvgIpc) is 3.83. The van der Waals surface area contributed by atoms with Gasteiger partial charge in [-0.2, -0.15) is 0 Å². The highest BCUT2D eigenvalue weighted by atomic mass is 35.5. The van der Waals surface area contributed by atoms with Gasteiger partial charge in [0, 0.05) is 16.5 Å². The molecule has 5 aromatic carbocycles. The van der Waals surface area contributed by atoms with Gasteiger partial charge in [0.15, 0.2) is 5.58 Å². The summed E-state index contributed by atoms with van der Waals surface area (Å²) in [6, 6.07) is 35.9. The third kappa shape index (κ3) is 4.83. The van der Waals surface area contributed by atoms with Crippen LogP contribution in [0.1, 0.15) is 35.4 Å². The minimum Gasteiger partial charge on any atom is -0.508 e. The predicted molar refractivity (Wildman–Crippen MR) is 211 cm³/mol. The SMILES string of the molecule is Cc1cc(C2C3=CCC4C(=O)N(c5ccc(-c6nc7ccccc7o6)cc5)C(=O)C4C3CC3C(=O)N(c4cccc(Cl)c4)C(=O)C32c2ccccc2)ccc1O. The van der Waals surface area contributed by atoms with Gasteiger partial charge in [-0.15, -0.1) is 0 Å². The number of aromatic nitrogens is 1. The summed E-state index contributed by atoms with van der Waals surface area (Å²) < 4.78 is 5.95. The number of benzene rings is 5. The lowest BCUT2D eigenvalue weighted by atomic mass is 9.49. The van der Waals surface area contributed by atoms with Crippen LogP contribution in [-0.4, -0.2) is 33.7 Å². The number of aromatic hydroxyl groups is 1. The Morgan fingerprint density at radius 3 is 2.29 bits per heavy atom. The van der Waals surface area contributed by atoms with Crippen LogP contribution < -0.4 is 9.80 Å². The van der Waals surface area contributed by atoms with Crippen LogP contribution in [0.25, 0.3) is 22.6 Å². The second kappa shape index (κ2) is 12.6. The van der Waals surface area contributed by atoms with E-state index in [1.807, 2.05) is 66.7 Å². The van der Waals surface area contributed by atoms with Gasteiger partial charge in [-0.25, -0.2) is 9.88 Å². The van der Waals surface area contributed by atoms with Crippen LogP contribution in [0.2, 0.25) is 5.02 Å². The number of oxazole rings is 1. The molecule has 9 nitrogen and oxygen atoms in total. The molecular weight excluding hydrogens is 726 g/mol. The molecule has 10 rings (SSSR count). The Bertz CT molecular complexity index is 2640. The highest BCUT2D eigenvalue weighted by Crippen LogP contribution is 2.64. The highest BCUT2D eigenvalue weighted by molar-refractivity contribution is 6.32. The summed E-state index contributed by atoms with van der Waals surface area (Å²) in [4.78, 5) is 66.6. The van der Waals surface area contributed by atoms with E-state index in [4.69, 9.17) is 16.0 Å². The number of anilines is 2. The van der Waals surface area contributed by atoms with Crippen molar-refractivity contribution >= 4 is 57.7 Å². The van der Waals surface area contributed by atoms with Gasteiger partial charge >= 0.3 is 0 Å². The lowest BCUT2D eigenvalue weighted by Crippen LogP contribution is -2.53. The summed E-state index contributed by atoms with van der Waals surface area (Å²) >= 11 is 6.43. The zero-order valence-corrected chi connectivity index (χ0v) is 30.9. The minimum atomic E-state index is -1.40. The van der Waals surface area contributed by atoms with Crippen molar-refractivity contribution in [3.05, 3.63) is 155 Å². The fraction of sp³-hybridized carbons (Fsp3) is 0.196. The first-order valence-electron chi connectivity index (χ1n) is 18.7. The Morgan fingerprint density at radius 2 is 1.54 bits per heavy atom. The number of phenols is 1. The molecule has 3 fully saturated rings. The van der Waals surface area contributed by atoms with Gasteiger partial charge in [-0.1, -0.05) is 83.9 Å². The molecule has 2 aliphatic carbocycles. The number of imide groups is 2. The molecule has 10 heteroatoms. The number of para-hydroxylation sites is 2. The summed E-state index contributed by atoms with van der Waals surface area (Å²) in [5, 5.41) is 11.0. The first kappa shape index (κ1) is 34.2. The number of rotatable bonds is 5. The highest BCUT2D eigenvalue weighted by Gasteiger charge is 2.70. The minimum absolute atomic E-state index is 0.104. The van der Waals surface area contributed by atoms with Crippen molar-refractivity contribution in [2.24, 2.45) is 23.7 Å². The van der Waals surface area contributed by atoms with Crippen LogP contribution in [-0.2, 0) is 24.6 Å². The number of phenolic OH excluding ortho intramolecular Hbond substituents is 1. The maximum absolute atomic E-state index is 15.4. The summed E-state index contributed by atoms with van der Waals surface area (Å²) in [5.74, 6) is -4.35. The Morgan fingerprint density at radius 1 is 0.768 bits per heavy atom. The number of amides is 4. The van der Waals surface area contributed by atoms with Crippen LogP contribution in [0.4, 0.5) is 11.4 Å². The second-order valence-corrected chi connectivity index (χ2v) is 15.6. The Balaban J connectivity index is 1.09. The molecule has 6 unspecified atom stereocenters. The van der Waals surface area contributed by atoms with E-state index in [1.54, 1.807) is 67.6 Å². The number of hydrogen-bond donors (Lipinski definition) is 1. The van der Waals surface area contributed by atoms with E-state index in [1.165, 1.54) is 9.80 Å². The van der Waals surface area contributed by atoms with Gasteiger partial charge in [0.05, 0.1) is 34.5 Å². The summed E-state index contributed by atoms with van der Waals surface area (Å²) in [6.07, 6.45) is 2.51. The van der Waals surface area contributed by atoms with Gasteiger partial charge in [0.25, 0.3) is 0 Å². The van der Waals surface area contributed by atoms with Crippen LogP contribution in [0.3, 0.4) is 0 Å². The number of fused-ring (bicyclic) bond motifs is 5. The summed E-state index contributed by atoms with van der Waals surface area (Å²) in [7, 11) is 0. The van der Waals surface area contributed by atoms with E-state index in [-0.39, 0.29) is 35.8 Å². The average molecular weight is 760 g/mol. The van der Waals surface area contributed by atoms with Gasteiger partial charge in [0.1, 0.15) is 11.3 Å². The smallest absolute Gasteiger partial charge is 0.246 e. The predicted octanol–water partition coefficient (Wildman–Crippen LogP) is 8.53. The molecule has 6 aromatic rings. The van der Waals surface area contributed by atoms with E-state index in [9.17, 15) is 19.5 Å². The number of aryl methyl sites for hydroxylation is 1. The summed E-state index contributed by atoms with van der Waals surface area (Å²) in [6.45, 7) is 1.80. The van der Waals surface area contributed by atoms with Crippen molar-refractivity contribution in [1.82, 2.24) is 4.98 Å². The Kier molecular flexibility index (Phi) is 7.70. The number of carbonyl (C=O) groups excluding carboxylic acids is 4. The molecule has 3 heterocycles. The molecule has 4 aliphatic rings. The molecule has 1 N–H and O–H groups in total. The summed E-state index contributed by atoms with van der Waals surface area (Å²) in [5.41, 5.74) is 4.38. The zero-order valence-electron chi connectivity index (χ0n) is 30.1. The fourth-order valence-electron chi connectivity index (χ4n) is 9.98. The van der Waals surface area contributed by atoms with E-state index in [0.29, 0.717) is 51.0 Å². The van der Waals surface area contributed by atoms with E-state index >= 15 is 4.79 Å². The van der Waals surface area contributed by atoms with Crippen molar-refractivity contribution in [3.8, 4) is 17.2 Å². The van der Waals surface area contributed by atoms with Crippen molar-refractivity contribution in [2.45, 2.75) is 31.1 Å². The first-order valence-corrected chi connectivity index (χ1v) is 19.1. The molecule has 1 aromatic heterocycles. The third-order valence-corrected chi connectivity index (χ3v) is 12.6. The lowest BCUT2D eigenvalue weighted by Gasteiger charge is -2.50. The topological polar surface area (TPSA) is 121 Å². The zero-order chi connectivity index (χ0) is 38.5. The molecule has 6 atom stereocenters. The molecule has 2 saturated heterocycles. The van der Waals surface area contributed by atoms with Gasteiger partial charge in [0.2, 0.25) is 29.5 Å². The molecule has 2 aliphatic heterocycles. The van der Waals surface area contributed by atoms with Crippen molar-refractivity contribution < 1.29 is 28.7 Å². The Labute approximate surface area is 326 Å². The van der Waals surface area contributed by atoms with Gasteiger partial charge in [-0.3, -0.25) is 24.1 Å². The van der Waals surface area contributed by atoms with Crippen molar-refractivity contribution in [2.75, 3.05) is 9.80 Å². The van der Waals surface area contributed by atoms with Crippen molar-refractivity contribution in [1.29, 1.82) is 0 Å². The van der Waals surface area contributed by atoms with E-state index < -0.39 is 35.0 Å². The third-order valence-electron chi connectivity index (χ3n) is 12.4. The van der Waals surface area contributed by atoms with Crippen LogP contribution in [0, 0.1) is 30.6 Å².